The number of anilines is 1. The standard InChI is InChI=1S/C16H12N4O2S/c17-11-12-2-1-3-15(10-12)23(21,22)20-14-6-4-13(5-7-14)16-18-8-9-19-16/h1-10,20H,(H,18,19). The second-order valence-corrected chi connectivity index (χ2v) is 6.44. The van der Waals surface area contributed by atoms with Crippen molar-refractivity contribution in [3.63, 3.8) is 0 Å². The van der Waals surface area contributed by atoms with E-state index >= 15 is 0 Å². The number of hydrogen-bond donors (Lipinski definition) is 2. The van der Waals surface area contributed by atoms with Crippen LogP contribution in [0.15, 0.2) is 65.8 Å². The molecule has 0 fully saturated rings. The number of H-pyrrole nitrogens is 1. The van der Waals surface area contributed by atoms with Gasteiger partial charge >= 0.3 is 0 Å². The number of nitriles is 1. The van der Waals surface area contributed by atoms with Crippen molar-refractivity contribution in [2.24, 2.45) is 0 Å². The van der Waals surface area contributed by atoms with Gasteiger partial charge in [0.15, 0.2) is 0 Å². The highest BCUT2D eigenvalue weighted by molar-refractivity contribution is 7.92. The van der Waals surface area contributed by atoms with E-state index in [9.17, 15) is 8.42 Å². The van der Waals surface area contributed by atoms with E-state index in [0.29, 0.717) is 17.1 Å². The SMILES string of the molecule is N#Cc1cccc(S(=O)(=O)Nc2ccc(-c3ncc[nH]3)cc2)c1. The molecule has 23 heavy (non-hydrogen) atoms. The van der Waals surface area contributed by atoms with E-state index in [1.54, 1.807) is 42.7 Å². The first-order valence-corrected chi connectivity index (χ1v) is 8.19. The quantitative estimate of drug-likeness (QED) is 0.771. The van der Waals surface area contributed by atoms with E-state index in [1.807, 2.05) is 6.07 Å². The Morgan fingerprint density at radius 2 is 1.91 bits per heavy atom. The Hall–Kier alpha value is -3.11. The molecular weight excluding hydrogens is 312 g/mol. The zero-order valence-corrected chi connectivity index (χ0v) is 12.7. The third kappa shape index (κ3) is 3.22. The number of imidazole rings is 1. The Kier molecular flexibility index (Phi) is 3.83. The molecule has 0 radical (unpaired) electrons. The highest BCUT2D eigenvalue weighted by atomic mass is 32.2. The predicted molar refractivity (Wildman–Crippen MR) is 86.0 cm³/mol. The third-order valence-corrected chi connectivity index (χ3v) is 4.56. The third-order valence-electron chi connectivity index (χ3n) is 3.18. The predicted octanol–water partition coefficient (Wildman–Crippen LogP) is 2.75. The van der Waals surface area contributed by atoms with Crippen LogP contribution in [0.3, 0.4) is 0 Å². The van der Waals surface area contributed by atoms with Crippen molar-refractivity contribution in [1.29, 1.82) is 5.26 Å². The summed E-state index contributed by atoms with van der Waals surface area (Å²) in [6.07, 6.45) is 3.36. The summed E-state index contributed by atoms with van der Waals surface area (Å²) in [6.45, 7) is 0. The van der Waals surface area contributed by atoms with Crippen LogP contribution in [-0.4, -0.2) is 18.4 Å². The van der Waals surface area contributed by atoms with E-state index < -0.39 is 10.0 Å². The molecular formula is C16H12N4O2S. The number of nitrogens with one attached hydrogen (secondary N) is 2. The number of benzene rings is 2. The van der Waals surface area contributed by atoms with Gasteiger partial charge in [-0.2, -0.15) is 5.26 Å². The molecule has 2 N–H and O–H groups in total. The van der Waals surface area contributed by atoms with Crippen LogP contribution in [0, 0.1) is 11.3 Å². The van der Waals surface area contributed by atoms with Crippen LogP contribution in [0.5, 0.6) is 0 Å². The first kappa shape index (κ1) is 14.8. The summed E-state index contributed by atoms with van der Waals surface area (Å²) in [4.78, 5) is 7.16. The molecule has 2 aromatic carbocycles. The van der Waals surface area contributed by atoms with Crippen LogP contribution in [0.25, 0.3) is 11.4 Å². The molecule has 0 bridgehead atoms. The van der Waals surface area contributed by atoms with E-state index in [1.165, 1.54) is 18.2 Å². The lowest BCUT2D eigenvalue weighted by molar-refractivity contribution is 0.601. The Morgan fingerprint density at radius 1 is 1.13 bits per heavy atom. The van der Waals surface area contributed by atoms with Gasteiger partial charge in [0.2, 0.25) is 0 Å². The van der Waals surface area contributed by atoms with Crippen LogP contribution >= 0.6 is 0 Å². The number of rotatable bonds is 4. The average Bonchev–Trinajstić information content (AvgIpc) is 3.10. The lowest BCUT2D eigenvalue weighted by atomic mass is 10.2. The summed E-state index contributed by atoms with van der Waals surface area (Å²) in [7, 11) is -3.74. The van der Waals surface area contributed by atoms with Crippen molar-refractivity contribution in [1.82, 2.24) is 9.97 Å². The van der Waals surface area contributed by atoms with Gasteiger partial charge in [0.25, 0.3) is 10.0 Å². The van der Waals surface area contributed by atoms with Gasteiger partial charge in [-0.15, -0.1) is 0 Å². The molecule has 0 amide bonds. The lowest BCUT2D eigenvalue weighted by Gasteiger charge is -2.08. The molecule has 0 spiro atoms. The Bertz CT molecular complexity index is 956. The maximum Gasteiger partial charge on any atom is 0.261 e. The molecule has 0 saturated heterocycles. The molecule has 0 aliphatic rings. The fourth-order valence-corrected chi connectivity index (χ4v) is 3.17. The first-order valence-electron chi connectivity index (χ1n) is 6.71. The van der Waals surface area contributed by atoms with Crippen LogP contribution in [0.4, 0.5) is 5.69 Å². The zero-order chi connectivity index (χ0) is 16.3. The summed E-state index contributed by atoms with van der Waals surface area (Å²) >= 11 is 0. The number of nitrogens with zero attached hydrogens (tertiary/aromatic N) is 2. The van der Waals surface area contributed by atoms with E-state index in [0.717, 1.165) is 5.56 Å². The molecule has 0 aliphatic carbocycles. The molecule has 0 saturated carbocycles. The van der Waals surface area contributed by atoms with E-state index in [2.05, 4.69) is 14.7 Å². The lowest BCUT2D eigenvalue weighted by Crippen LogP contribution is -2.13. The van der Waals surface area contributed by atoms with Crippen molar-refractivity contribution >= 4 is 15.7 Å². The number of hydrogen-bond acceptors (Lipinski definition) is 4. The van der Waals surface area contributed by atoms with Crippen molar-refractivity contribution < 1.29 is 8.42 Å². The van der Waals surface area contributed by atoms with Crippen LogP contribution in [-0.2, 0) is 10.0 Å². The van der Waals surface area contributed by atoms with Crippen molar-refractivity contribution in [2.75, 3.05) is 4.72 Å². The topological polar surface area (TPSA) is 98.6 Å². The summed E-state index contributed by atoms with van der Waals surface area (Å²) in [5.41, 5.74) is 1.58. The van der Waals surface area contributed by atoms with Crippen molar-refractivity contribution in [3.05, 3.63) is 66.5 Å². The fraction of sp³-hybridized carbons (Fsp3) is 0. The number of aromatic amines is 1. The molecule has 7 heteroatoms. The minimum atomic E-state index is -3.74. The Balaban J connectivity index is 1.84. The van der Waals surface area contributed by atoms with E-state index in [-0.39, 0.29) is 4.90 Å². The van der Waals surface area contributed by atoms with E-state index in [4.69, 9.17) is 5.26 Å². The fourth-order valence-electron chi connectivity index (χ4n) is 2.07. The number of aromatic nitrogens is 2. The van der Waals surface area contributed by atoms with Gasteiger partial charge in [0.05, 0.1) is 16.5 Å². The Labute approximate surface area is 133 Å². The average molecular weight is 324 g/mol. The van der Waals surface area contributed by atoms with Crippen molar-refractivity contribution in [3.8, 4) is 17.5 Å². The minimum Gasteiger partial charge on any atom is -0.345 e. The highest BCUT2D eigenvalue weighted by Gasteiger charge is 2.14. The van der Waals surface area contributed by atoms with Crippen LogP contribution in [0.2, 0.25) is 0 Å². The smallest absolute Gasteiger partial charge is 0.261 e. The second-order valence-electron chi connectivity index (χ2n) is 4.76. The molecule has 1 heterocycles. The van der Waals surface area contributed by atoms with Crippen LogP contribution < -0.4 is 4.72 Å². The Morgan fingerprint density at radius 3 is 2.57 bits per heavy atom. The van der Waals surface area contributed by atoms with Crippen molar-refractivity contribution in [2.45, 2.75) is 4.90 Å². The highest BCUT2D eigenvalue weighted by Crippen LogP contribution is 2.20. The van der Waals surface area contributed by atoms with Gasteiger partial charge in [-0.05, 0) is 42.5 Å². The summed E-state index contributed by atoms with van der Waals surface area (Å²) < 4.78 is 27.2. The van der Waals surface area contributed by atoms with Crippen LogP contribution in [0.1, 0.15) is 5.56 Å². The second kappa shape index (κ2) is 5.94. The first-order chi connectivity index (χ1) is 11.1. The molecule has 0 unspecified atom stereocenters. The normalized spacial score (nSPS) is 10.9. The van der Waals surface area contributed by atoms with Gasteiger partial charge in [-0.1, -0.05) is 6.07 Å². The maximum absolute atomic E-state index is 12.3. The molecule has 0 atom stereocenters. The van der Waals surface area contributed by atoms with Gasteiger partial charge < -0.3 is 4.98 Å². The van der Waals surface area contributed by atoms with Gasteiger partial charge in [-0.3, -0.25) is 4.72 Å². The largest absolute Gasteiger partial charge is 0.345 e. The molecule has 114 valence electrons. The summed E-state index contributed by atoms with van der Waals surface area (Å²) in [5.74, 6) is 0.709. The molecule has 3 rings (SSSR count). The summed E-state index contributed by atoms with van der Waals surface area (Å²) in [6, 6.07) is 14.6. The monoisotopic (exact) mass is 324 g/mol. The molecule has 1 aromatic heterocycles. The van der Waals surface area contributed by atoms with Gasteiger partial charge in [0, 0.05) is 23.6 Å². The maximum atomic E-state index is 12.3. The molecule has 6 nitrogen and oxygen atoms in total. The van der Waals surface area contributed by atoms with Gasteiger partial charge in [0.1, 0.15) is 5.82 Å². The summed E-state index contributed by atoms with van der Waals surface area (Å²) in [5, 5.41) is 8.86. The molecule has 0 aliphatic heterocycles. The zero-order valence-electron chi connectivity index (χ0n) is 11.9. The molecule has 3 aromatic rings. The minimum absolute atomic E-state index is 0.0478. The van der Waals surface area contributed by atoms with Gasteiger partial charge in [-0.25, -0.2) is 13.4 Å². The number of sulfonamides is 1.